The van der Waals surface area contributed by atoms with Gasteiger partial charge in [-0.3, -0.25) is 24.8 Å². The number of hydrogen-bond donors (Lipinski definition) is 4. The normalized spacial score (nSPS) is 19.4. The minimum atomic E-state index is -0.597. The third kappa shape index (κ3) is 16.8. The van der Waals surface area contributed by atoms with Crippen LogP contribution in [0.4, 0.5) is 0 Å². The first-order valence-corrected chi connectivity index (χ1v) is 17.2. The van der Waals surface area contributed by atoms with Gasteiger partial charge in [-0.05, 0) is 87.0 Å². The molecule has 2 rings (SSSR count). The Morgan fingerprint density at radius 2 is 1.62 bits per heavy atom. The maximum Gasteiger partial charge on any atom is 0.330 e. The zero-order valence-electron chi connectivity index (χ0n) is 28.5. The van der Waals surface area contributed by atoms with Crippen molar-refractivity contribution < 1.29 is 54.1 Å². The number of Topliss-reactive ketones (excluding diaryl/α,β-unsaturated/α-hetero) is 1. The first-order chi connectivity index (χ1) is 23.1. The number of allylic oxidation sites excluding steroid dienone is 2. The molecule has 0 saturated heterocycles. The van der Waals surface area contributed by atoms with Gasteiger partial charge in [0.2, 0.25) is 0 Å². The fourth-order valence-corrected chi connectivity index (χ4v) is 5.80. The van der Waals surface area contributed by atoms with Crippen LogP contribution in [0, 0.1) is 11.8 Å². The third-order valence-corrected chi connectivity index (χ3v) is 8.48. The number of unbranched alkanes of at least 4 members (excludes halogenated alkanes) is 6. The molecule has 0 bridgehead atoms. The Morgan fingerprint density at radius 3 is 2.38 bits per heavy atom. The van der Waals surface area contributed by atoms with Crippen LogP contribution >= 0.6 is 0 Å². The maximum absolute atomic E-state index is 12.5. The summed E-state index contributed by atoms with van der Waals surface area (Å²) in [7, 11) is 1.45. The highest BCUT2D eigenvalue weighted by Gasteiger charge is 2.40. The lowest BCUT2D eigenvalue weighted by atomic mass is 9.86. The zero-order valence-corrected chi connectivity index (χ0v) is 28.5. The average molecular weight is 678 g/mol. The summed E-state index contributed by atoms with van der Waals surface area (Å²) in [6.07, 6.45) is 16.1. The molecule has 0 heterocycles. The Hall–Kier alpha value is -3.13. The van der Waals surface area contributed by atoms with Gasteiger partial charge in [-0.1, -0.05) is 50.8 Å². The zero-order chi connectivity index (χ0) is 35.1. The molecular formula is C36H55NO11. The molecular weight excluding hydrogens is 622 g/mol. The van der Waals surface area contributed by atoms with Crippen LogP contribution in [-0.2, 0) is 24.0 Å². The van der Waals surface area contributed by atoms with E-state index in [2.05, 4.69) is 11.8 Å². The van der Waals surface area contributed by atoms with Gasteiger partial charge in [0, 0.05) is 25.3 Å². The molecule has 48 heavy (non-hydrogen) atoms. The van der Waals surface area contributed by atoms with Crippen molar-refractivity contribution in [1.82, 2.24) is 5.39 Å². The van der Waals surface area contributed by atoms with Crippen molar-refractivity contribution in [1.29, 1.82) is 0 Å². The highest BCUT2D eigenvalue weighted by atomic mass is 17.1. The monoisotopic (exact) mass is 677 g/mol. The van der Waals surface area contributed by atoms with Crippen LogP contribution in [0.1, 0.15) is 109 Å². The van der Waals surface area contributed by atoms with Gasteiger partial charge in [0.05, 0.1) is 37.9 Å². The molecule has 1 aromatic carbocycles. The fraction of sp³-hybridized carbons (Fsp3) is 0.639. The summed E-state index contributed by atoms with van der Waals surface area (Å²) in [6, 6.07) is 4.90. The molecule has 270 valence electrons. The SMILES string of the molecule is CCCCCCCC(=O)CC[C@@H]1[C@@H](C/C=C\CCCC(=O)Oc2ccc(/C=C/C(=O)OCCCCON(O)O)cc2OC)[C@@H](O)C[C@H]1O. The summed E-state index contributed by atoms with van der Waals surface area (Å²) in [5.41, 5.74) is 0.639. The second-order valence-electron chi connectivity index (χ2n) is 12.2. The molecule has 0 spiro atoms. The average Bonchev–Trinajstić information content (AvgIpc) is 3.33. The molecule has 12 heteroatoms. The predicted molar refractivity (Wildman–Crippen MR) is 178 cm³/mol. The summed E-state index contributed by atoms with van der Waals surface area (Å²) >= 11 is 0. The number of methoxy groups -OCH3 is 1. The molecule has 0 aliphatic heterocycles. The van der Waals surface area contributed by atoms with E-state index in [9.17, 15) is 24.6 Å². The van der Waals surface area contributed by atoms with Crippen molar-refractivity contribution in [2.45, 2.75) is 115 Å². The van der Waals surface area contributed by atoms with Crippen LogP contribution in [0.3, 0.4) is 0 Å². The van der Waals surface area contributed by atoms with E-state index in [1.54, 1.807) is 24.3 Å². The van der Waals surface area contributed by atoms with E-state index in [1.807, 2.05) is 12.2 Å². The number of aliphatic hydroxyl groups is 2. The topological polar surface area (TPSA) is 172 Å². The van der Waals surface area contributed by atoms with Crippen molar-refractivity contribution >= 4 is 23.8 Å². The number of hydrogen-bond acceptors (Lipinski definition) is 12. The Labute approximate surface area is 284 Å². The van der Waals surface area contributed by atoms with E-state index in [0.717, 1.165) is 19.3 Å². The Morgan fingerprint density at radius 1 is 0.875 bits per heavy atom. The van der Waals surface area contributed by atoms with Gasteiger partial charge in [-0.25, -0.2) is 4.79 Å². The molecule has 12 nitrogen and oxygen atoms in total. The van der Waals surface area contributed by atoms with E-state index < -0.39 is 24.1 Å². The van der Waals surface area contributed by atoms with Crippen LogP contribution in [0.15, 0.2) is 36.4 Å². The summed E-state index contributed by atoms with van der Waals surface area (Å²) in [6.45, 7) is 2.38. The van der Waals surface area contributed by atoms with Crippen molar-refractivity contribution in [3.8, 4) is 11.5 Å². The van der Waals surface area contributed by atoms with Gasteiger partial charge in [0.1, 0.15) is 5.78 Å². The Balaban J connectivity index is 1.70. The number of aliphatic hydroxyl groups excluding tert-OH is 2. The van der Waals surface area contributed by atoms with Gasteiger partial charge in [-0.2, -0.15) is 0 Å². The van der Waals surface area contributed by atoms with E-state index in [1.165, 1.54) is 26.0 Å². The van der Waals surface area contributed by atoms with Gasteiger partial charge >= 0.3 is 11.9 Å². The highest BCUT2D eigenvalue weighted by molar-refractivity contribution is 5.87. The molecule has 0 aromatic heterocycles. The first kappa shape index (κ1) is 41.0. The van der Waals surface area contributed by atoms with E-state index >= 15 is 0 Å². The fourth-order valence-electron chi connectivity index (χ4n) is 5.80. The summed E-state index contributed by atoms with van der Waals surface area (Å²) in [4.78, 5) is 41.2. The van der Waals surface area contributed by atoms with Crippen molar-refractivity contribution in [3.63, 3.8) is 0 Å². The van der Waals surface area contributed by atoms with E-state index in [-0.39, 0.29) is 48.4 Å². The predicted octanol–water partition coefficient (Wildman–Crippen LogP) is 6.13. The minimum absolute atomic E-state index is 0.0676. The van der Waals surface area contributed by atoms with Crippen LogP contribution in [0.5, 0.6) is 11.5 Å². The lowest BCUT2D eigenvalue weighted by Gasteiger charge is -2.22. The van der Waals surface area contributed by atoms with Gasteiger partial charge in [0.15, 0.2) is 11.5 Å². The summed E-state index contributed by atoms with van der Waals surface area (Å²) in [5.74, 6) is -0.304. The van der Waals surface area contributed by atoms with Gasteiger partial charge in [0.25, 0.3) is 0 Å². The molecule has 1 aliphatic carbocycles. The highest BCUT2D eigenvalue weighted by Crippen LogP contribution is 2.38. The van der Waals surface area contributed by atoms with Gasteiger partial charge in [-0.15, -0.1) is 0 Å². The van der Waals surface area contributed by atoms with Crippen LogP contribution in [0.2, 0.25) is 0 Å². The molecule has 0 radical (unpaired) electrons. The first-order valence-electron chi connectivity index (χ1n) is 17.2. The quantitative estimate of drug-likeness (QED) is 0.0233. The van der Waals surface area contributed by atoms with Crippen LogP contribution < -0.4 is 9.47 Å². The maximum atomic E-state index is 12.5. The number of rotatable bonds is 25. The second kappa shape index (κ2) is 24.1. The van der Waals surface area contributed by atoms with Crippen LogP contribution in [-0.4, -0.2) is 76.3 Å². The smallest absolute Gasteiger partial charge is 0.330 e. The number of ketones is 1. The lowest BCUT2D eigenvalue weighted by Crippen LogP contribution is -2.22. The summed E-state index contributed by atoms with van der Waals surface area (Å²) < 4.78 is 15.9. The van der Waals surface area contributed by atoms with Crippen molar-refractivity contribution in [2.75, 3.05) is 20.3 Å². The lowest BCUT2D eigenvalue weighted by molar-refractivity contribution is -0.492. The largest absolute Gasteiger partial charge is 0.493 e. The summed E-state index contributed by atoms with van der Waals surface area (Å²) in [5, 5.41) is 37.6. The Bertz CT molecular complexity index is 1150. The standard InChI is InChI=1S/C36H55NO11/c1-3-4-5-6-9-14-28(38)19-20-30-29(31(39)26-32(30)40)15-10-7-8-11-16-36(42)48-33-21-17-27(25-34(33)45-2)18-22-35(41)46-23-12-13-24-47-37(43)44/h7,10,17-18,21-22,25,29-32,39-40,43-44H,3-6,8-9,11-16,19-20,23-24,26H2,1-2H3/b10-7-,22-18+/t29-,30-,31+,32-/m1/s1. The Kier molecular flexibility index (Phi) is 20.6. The molecule has 0 unspecified atom stereocenters. The molecule has 1 aromatic rings. The molecule has 1 aliphatic rings. The minimum Gasteiger partial charge on any atom is -0.493 e. The molecule has 0 amide bonds. The number of nitrogens with zero attached hydrogens (tertiary/aromatic N) is 1. The van der Waals surface area contributed by atoms with Crippen LogP contribution in [0.25, 0.3) is 6.08 Å². The van der Waals surface area contributed by atoms with E-state index in [0.29, 0.717) is 69.1 Å². The van der Waals surface area contributed by atoms with Crippen molar-refractivity contribution in [3.05, 3.63) is 42.0 Å². The number of carbonyl (C=O) groups excluding carboxylic acids is 3. The van der Waals surface area contributed by atoms with E-state index in [4.69, 9.17) is 24.6 Å². The number of esters is 2. The molecule has 4 N–H and O–H groups in total. The number of ether oxygens (including phenoxy) is 3. The van der Waals surface area contributed by atoms with Gasteiger partial charge < -0.3 is 24.4 Å². The number of carbonyl (C=O) groups is 3. The molecule has 1 saturated carbocycles. The molecule has 1 fully saturated rings. The second-order valence-corrected chi connectivity index (χ2v) is 12.2. The molecule has 4 atom stereocenters. The number of benzene rings is 1. The third-order valence-electron chi connectivity index (χ3n) is 8.48. The van der Waals surface area contributed by atoms with Crippen molar-refractivity contribution in [2.24, 2.45) is 11.8 Å².